The molecule has 2 bridgehead atoms. The van der Waals surface area contributed by atoms with Crippen LogP contribution in [0.1, 0.15) is 41.7 Å². The summed E-state index contributed by atoms with van der Waals surface area (Å²) >= 11 is 5.99. The van der Waals surface area contributed by atoms with Crippen LogP contribution < -0.4 is 10.1 Å². The van der Waals surface area contributed by atoms with Crippen LogP contribution in [0.4, 0.5) is 0 Å². The molecule has 1 aromatic carbocycles. The molecule has 1 amide bonds. The Morgan fingerprint density at radius 2 is 2.08 bits per heavy atom. The van der Waals surface area contributed by atoms with Gasteiger partial charge >= 0.3 is 0 Å². The van der Waals surface area contributed by atoms with Crippen molar-refractivity contribution in [3.05, 3.63) is 46.7 Å². The van der Waals surface area contributed by atoms with E-state index < -0.39 is 0 Å². The van der Waals surface area contributed by atoms with Crippen molar-refractivity contribution in [2.24, 2.45) is 5.41 Å². The summed E-state index contributed by atoms with van der Waals surface area (Å²) in [5.41, 5.74) is 1.28. The number of carbonyl (C=O) groups is 2. The maximum Gasteiger partial charge on any atom is 0.269 e. The average Bonchev–Trinajstić information content (AvgIpc) is 3.07. The van der Waals surface area contributed by atoms with E-state index in [0.29, 0.717) is 22.9 Å². The van der Waals surface area contributed by atoms with Crippen LogP contribution in [0.25, 0.3) is 0 Å². The molecular formula is C19H20ClN3O3. The number of ether oxygens (including phenoxy) is 1. The van der Waals surface area contributed by atoms with Gasteiger partial charge in [-0.15, -0.1) is 0 Å². The minimum Gasteiger partial charge on any atom is -0.486 e. The second-order valence-electron chi connectivity index (χ2n) is 7.65. The van der Waals surface area contributed by atoms with E-state index >= 15 is 0 Å². The highest BCUT2D eigenvalue weighted by Gasteiger charge is 2.68. The molecule has 0 spiro atoms. The van der Waals surface area contributed by atoms with E-state index in [1.54, 1.807) is 24.4 Å². The summed E-state index contributed by atoms with van der Waals surface area (Å²) in [4.78, 5) is 24.4. The fourth-order valence-electron chi connectivity index (χ4n) is 4.35. The van der Waals surface area contributed by atoms with Crippen LogP contribution in [-0.4, -0.2) is 34.0 Å². The van der Waals surface area contributed by atoms with Gasteiger partial charge in [0, 0.05) is 23.2 Å². The molecule has 0 unspecified atom stereocenters. The lowest BCUT2D eigenvalue weighted by molar-refractivity contribution is -0.162. The van der Waals surface area contributed by atoms with Gasteiger partial charge in [0.15, 0.2) is 5.78 Å². The number of nitrogens with zero attached hydrogens (tertiary/aromatic N) is 1. The second-order valence-corrected chi connectivity index (χ2v) is 8.06. The van der Waals surface area contributed by atoms with Crippen molar-refractivity contribution in [1.82, 2.24) is 15.5 Å². The van der Waals surface area contributed by atoms with Gasteiger partial charge in [0.2, 0.25) is 0 Å². The number of aromatic amines is 1. The molecule has 5 rings (SSSR count). The summed E-state index contributed by atoms with van der Waals surface area (Å²) in [5.74, 6) is 0.607. The van der Waals surface area contributed by atoms with Crippen LogP contribution in [0.15, 0.2) is 30.5 Å². The lowest BCUT2D eigenvalue weighted by Gasteiger charge is -2.70. The Morgan fingerprint density at radius 3 is 2.73 bits per heavy atom. The molecule has 3 fully saturated rings. The van der Waals surface area contributed by atoms with Crippen molar-refractivity contribution >= 4 is 23.3 Å². The summed E-state index contributed by atoms with van der Waals surface area (Å²) in [6, 6.07) is 7.01. The third-order valence-corrected chi connectivity index (χ3v) is 5.79. The number of aryl methyl sites for hydroxylation is 1. The van der Waals surface area contributed by atoms with Gasteiger partial charge in [-0.1, -0.05) is 11.6 Å². The molecule has 0 aliphatic heterocycles. The van der Waals surface area contributed by atoms with Crippen molar-refractivity contribution in [2.75, 3.05) is 6.61 Å². The molecule has 1 heterocycles. The van der Waals surface area contributed by atoms with E-state index in [2.05, 4.69) is 15.5 Å². The zero-order valence-electron chi connectivity index (χ0n) is 14.5. The van der Waals surface area contributed by atoms with Crippen molar-refractivity contribution < 1.29 is 14.3 Å². The number of Topliss-reactive ketones (excluding diaryl/α,β-unsaturated/α-hetero) is 1. The number of ketones is 1. The van der Waals surface area contributed by atoms with Gasteiger partial charge in [0.05, 0.1) is 0 Å². The van der Waals surface area contributed by atoms with Crippen LogP contribution in [-0.2, 0) is 4.79 Å². The van der Waals surface area contributed by atoms with Gasteiger partial charge in [-0.2, -0.15) is 5.10 Å². The molecule has 3 aliphatic rings. The number of rotatable bonds is 7. The maximum atomic E-state index is 12.3. The first-order valence-electron chi connectivity index (χ1n) is 8.61. The summed E-state index contributed by atoms with van der Waals surface area (Å²) in [6.45, 7) is 1.96. The number of nitrogens with one attached hydrogen (secondary N) is 2. The fraction of sp³-hybridized carbons (Fsp3) is 0.421. The largest absolute Gasteiger partial charge is 0.486 e. The number of amides is 1. The molecule has 0 atom stereocenters. The van der Waals surface area contributed by atoms with Gasteiger partial charge in [0.1, 0.15) is 18.1 Å². The molecule has 3 aliphatic carbocycles. The fourth-order valence-corrected chi connectivity index (χ4v) is 4.47. The minimum absolute atomic E-state index is 0.0393. The molecular weight excluding hydrogens is 354 g/mol. The molecule has 1 aromatic heterocycles. The smallest absolute Gasteiger partial charge is 0.269 e. The highest BCUT2D eigenvalue weighted by atomic mass is 35.5. The quantitative estimate of drug-likeness (QED) is 0.781. The number of H-pyrrole nitrogens is 1. The first-order chi connectivity index (χ1) is 12.4. The molecule has 0 saturated heterocycles. The number of halogens is 1. The zero-order chi connectivity index (χ0) is 18.4. The lowest BCUT2D eigenvalue weighted by atomic mass is 9.38. The van der Waals surface area contributed by atoms with Crippen molar-refractivity contribution in [3.63, 3.8) is 0 Å². The van der Waals surface area contributed by atoms with Crippen molar-refractivity contribution in [1.29, 1.82) is 0 Å². The van der Waals surface area contributed by atoms with E-state index in [1.807, 2.05) is 13.0 Å². The topological polar surface area (TPSA) is 84.1 Å². The van der Waals surface area contributed by atoms with Gasteiger partial charge < -0.3 is 10.1 Å². The highest BCUT2D eigenvalue weighted by Crippen LogP contribution is 2.69. The Morgan fingerprint density at radius 1 is 1.31 bits per heavy atom. The maximum absolute atomic E-state index is 12.3. The van der Waals surface area contributed by atoms with E-state index in [0.717, 1.165) is 24.8 Å². The molecule has 2 N–H and O–H groups in total. The standard InChI is InChI=1S/C19H20ClN3O3/c1-12-6-14(2-3-15(12)20)26-8-13(24)7-18-9-19(10-18,11-18)22-17(25)16-4-5-21-23-16/h2-6H,7-11H2,1H3,(H,21,23)(H,22,25). The lowest BCUT2D eigenvalue weighted by Crippen LogP contribution is -2.75. The summed E-state index contributed by atoms with van der Waals surface area (Å²) in [6.07, 6.45) is 4.61. The van der Waals surface area contributed by atoms with Crippen LogP contribution in [0.5, 0.6) is 5.75 Å². The van der Waals surface area contributed by atoms with Crippen LogP contribution in [0, 0.1) is 12.3 Å². The Balaban J connectivity index is 1.23. The Kier molecular flexibility index (Phi) is 4.03. The molecule has 6 nitrogen and oxygen atoms in total. The molecule has 0 radical (unpaired) electrons. The SMILES string of the molecule is Cc1cc(OCC(=O)CC23CC(NC(=O)c4ccn[nH]4)(C2)C3)ccc1Cl. The molecule has 7 heteroatoms. The van der Waals surface area contributed by atoms with Gasteiger partial charge in [-0.05, 0) is 61.4 Å². The van der Waals surface area contributed by atoms with Crippen molar-refractivity contribution in [2.45, 2.75) is 38.1 Å². The predicted molar refractivity (Wildman–Crippen MR) is 96.4 cm³/mol. The third-order valence-electron chi connectivity index (χ3n) is 5.37. The van der Waals surface area contributed by atoms with E-state index in [-0.39, 0.29) is 29.3 Å². The summed E-state index contributed by atoms with van der Waals surface area (Å²) in [5, 5.41) is 10.2. The average molecular weight is 374 g/mol. The van der Waals surface area contributed by atoms with E-state index in [9.17, 15) is 9.59 Å². The van der Waals surface area contributed by atoms with E-state index in [1.165, 1.54) is 0 Å². The second kappa shape index (κ2) is 6.13. The molecule has 26 heavy (non-hydrogen) atoms. The first kappa shape index (κ1) is 17.1. The first-order valence-corrected chi connectivity index (χ1v) is 8.99. The van der Waals surface area contributed by atoms with Gasteiger partial charge in [0.25, 0.3) is 5.91 Å². The highest BCUT2D eigenvalue weighted by molar-refractivity contribution is 6.31. The van der Waals surface area contributed by atoms with Crippen molar-refractivity contribution in [3.8, 4) is 5.75 Å². The van der Waals surface area contributed by atoms with E-state index in [4.69, 9.17) is 16.3 Å². The third kappa shape index (κ3) is 3.09. The molecule has 136 valence electrons. The number of aromatic nitrogens is 2. The number of hydrogen-bond acceptors (Lipinski definition) is 4. The summed E-state index contributed by atoms with van der Waals surface area (Å²) in [7, 11) is 0. The number of benzene rings is 1. The minimum atomic E-state index is -0.142. The number of hydrogen-bond donors (Lipinski definition) is 2. The zero-order valence-corrected chi connectivity index (χ0v) is 15.2. The molecule has 3 saturated carbocycles. The normalized spacial score (nSPS) is 25.8. The van der Waals surface area contributed by atoms with Crippen LogP contribution in [0.3, 0.4) is 0 Å². The van der Waals surface area contributed by atoms with Crippen LogP contribution in [0.2, 0.25) is 5.02 Å². The van der Waals surface area contributed by atoms with Gasteiger partial charge in [-0.3, -0.25) is 14.7 Å². The monoisotopic (exact) mass is 373 g/mol. The molecule has 2 aromatic rings. The Bertz CT molecular complexity index is 843. The Labute approximate surface area is 156 Å². The predicted octanol–water partition coefficient (Wildman–Crippen LogP) is 3.06. The summed E-state index contributed by atoms with van der Waals surface area (Å²) < 4.78 is 5.59. The van der Waals surface area contributed by atoms with Gasteiger partial charge in [-0.25, -0.2) is 0 Å². The number of carbonyl (C=O) groups excluding carboxylic acids is 2. The van der Waals surface area contributed by atoms with Crippen LogP contribution >= 0.6 is 11.6 Å². The Hall–Kier alpha value is -2.34.